The molecule has 3 N–H and O–H groups in total. The molecule has 7 nitrogen and oxygen atoms in total. The number of aliphatic hydroxyl groups excluding tert-OH is 1. The standard InChI is InChI=1S/C18H26N4O3S.HI/c1-5-19-18(22-11-17-20-9-12(2)26-17)21-10-14(23)13-6-7-15(24-3)16(8-13)25-4;/h6-9,14,23H,5,10-11H2,1-4H3,(H2,19,21,22);1H. The van der Waals surface area contributed by atoms with E-state index < -0.39 is 6.10 Å². The summed E-state index contributed by atoms with van der Waals surface area (Å²) >= 11 is 1.63. The van der Waals surface area contributed by atoms with Gasteiger partial charge in [-0.2, -0.15) is 0 Å². The first kappa shape index (κ1) is 23.4. The van der Waals surface area contributed by atoms with Crippen LogP contribution in [0, 0.1) is 6.92 Å². The zero-order valence-corrected chi connectivity index (χ0v) is 19.1. The quantitative estimate of drug-likeness (QED) is 0.290. The molecule has 0 aliphatic carbocycles. The molecule has 0 aliphatic heterocycles. The van der Waals surface area contributed by atoms with Crippen LogP contribution in [0.2, 0.25) is 0 Å². The van der Waals surface area contributed by atoms with Crippen molar-refractivity contribution >= 4 is 41.3 Å². The fraction of sp³-hybridized carbons (Fsp3) is 0.444. The number of guanidine groups is 1. The number of nitrogens with one attached hydrogen (secondary N) is 2. The van der Waals surface area contributed by atoms with Gasteiger partial charge in [-0.1, -0.05) is 6.07 Å². The van der Waals surface area contributed by atoms with Gasteiger partial charge in [-0.15, -0.1) is 35.3 Å². The molecule has 1 aromatic heterocycles. The van der Waals surface area contributed by atoms with Crippen LogP contribution in [0.15, 0.2) is 29.4 Å². The molecule has 1 unspecified atom stereocenters. The number of aliphatic hydroxyl groups is 1. The summed E-state index contributed by atoms with van der Waals surface area (Å²) in [5, 5.41) is 17.7. The predicted octanol–water partition coefficient (Wildman–Crippen LogP) is 2.88. The highest BCUT2D eigenvalue weighted by atomic mass is 127. The summed E-state index contributed by atoms with van der Waals surface area (Å²) in [6.45, 7) is 5.57. The average molecular weight is 506 g/mol. The summed E-state index contributed by atoms with van der Waals surface area (Å²) in [6, 6.07) is 5.37. The smallest absolute Gasteiger partial charge is 0.191 e. The second-order valence-electron chi connectivity index (χ2n) is 5.57. The summed E-state index contributed by atoms with van der Waals surface area (Å²) < 4.78 is 10.5. The Kier molecular flexibility index (Phi) is 10.4. The number of aliphatic imine (C=N–C) groups is 1. The van der Waals surface area contributed by atoms with E-state index in [2.05, 4.69) is 20.6 Å². The fourth-order valence-electron chi connectivity index (χ4n) is 2.33. The lowest BCUT2D eigenvalue weighted by Gasteiger charge is -2.17. The van der Waals surface area contributed by atoms with Crippen molar-refractivity contribution in [2.24, 2.45) is 4.99 Å². The first-order valence-corrected chi connectivity index (χ1v) is 9.22. The minimum atomic E-state index is -0.708. The zero-order chi connectivity index (χ0) is 18.9. The second kappa shape index (κ2) is 12.0. The van der Waals surface area contributed by atoms with Gasteiger partial charge in [0, 0.05) is 24.2 Å². The largest absolute Gasteiger partial charge is 0.493 e. The van der Waals surface area contributed by atoms with Crippen LogP contribution in [0.25, 0.3) is 0 Å². The van der Waals surface area contributed by atoms with Gasteiger partial charge in [0.1, 0.15) is 5.01 Å². The Morgan fingerprint density at radius 1 is 1.26 bits per heavy atom. The van der Waals surface area contributed by atoms with Crippen molar-refractivity contribution in [3.63, 3.8) is 0 Å². The van der Waals surface area contributed by atoms with Crippen LogP contribution in [-0.2, 0) is 6.54 Å². The molecule has 9 heteroatoms. The third kappa shape index (κ3) is 7.15. The lowest BCUT2D eigenvalue weighted by Crippen LogP contribution is -2.39. The number of thiazole rings is 1. The number of benzene rings is 1. The van der Waals surface area contributed by atoms with Gasteiger partial charge in [-0.25, -0.2) is 9.98 Å². The van der Waals surface area contributed by atoms with Crippen molar-refractivity contribution in [3.05, 3.63) is 39.8 Å². The van der Waals surface area contributed by atoms with E-state index in [1.165, 1.54) is 0 Å². The number of nitrogens with zero attached hydrogens (tertiary/aromatic N) is 2. The molecule has 0 amide bonds. The molecule has 0 spiro atoms. The zero-order valence-electron chi connectivity index (χ0n) is 16.0. The summed E-state index contributed by atoms with van der Waals surface area (Å²) in [5.74, 6) is 1.86. The molecule has 0 saturated heterocycles. The van der Waals surface area contributed by atoms with E-state index in [0.29, 0.717) is 30.5 Å². The Bertz CT molecular complexity index is 739. The van der Waals surface area contributed by atoms with Crippen molar-refractivity contribution < 1.29 is 14.6 Å². The van der Waals surface area contributed by atoms with Crippen LogP contribution in [0.3, 0.4) is 0 Å². The maximum Gasteiger partial charge on any atom is 0.191 e. The van der Waals surface area contributed by atoms with Crippen LogP contribution in [0.5, 0.6) is 11.5 Å². The monoisotopic (exact) mass is 506 g/mol. The Labute approximate surface area is 181 Å². The van der Waals surface area contributed by atoms with Crippen LogP contribution in [0.1, 0.15) is 28.5 Å². The van der Waals surface area contributed by atoms with E-state index in [9.17, 15) is 5.11 Å². The molecule has 0 bridgehead atoms. The van der Waals surface area contributed by atoms with Gasteiger partial charge in [-0.3, -0.25) is 0 Å². The summed E-state index contributed by atoms with van der Waals surface area (Å²) in [7, 11) is 3.15. The molecule has 2 aromatic rings. The predicted molar refractivity (Wildman–Crippen MR) is 120 cm³/mol. The minimum absolute atomic E-state index is 0. The minimum Gasteiger partial charge on any atom is -0.493 e. The van der Waals surface area contributed by atoms with Gasteiger partial charge in [0.05, 0.1) is 26.9 Å². The second-order valence-corrected chi connectivity index (χ2v) is 6.89. The fourth-order valence-corrected chi connectivity index (χ4v) is 3.05. The molecule has 0 fully saturated rings. The van der Waals surface area contributed by atoms with Crippen LogP contribution in [0.4, 0.5) is 0 Å². The van der Waals surface area contributed by atoms with E-state index in [4.69, 9.17) is 9.47 Å². The average Bonchev–Trinajstić information content (AvgIpc) is 3.08. The summed E-state index contributed by atoms with van der Waals surface area (Å²) in [4.78, 5) is 9.98. The SMILES string of the molecule is CCNC(=NCc1ncc(C)s1)NCC(O)c1ccc(OC)c(OC)c1.I. The van der Waals surface area contributed by atoms with Crippen LogP contribution in [-0.4, -0.2) is 43.4 Å². The van der Waals surface area contributed by atoms with Gasteiger partial charge in [0.25, 0.3) is 0 Å². The molecular weight excluding hydrogens is 479 g/mol. The van der Waals surface area contributed by atoms with E-state index in [-0.39, 0.29) is 24.0 Å². The number of aryl methyl sites for hydroxylation is 1. The molecule has 1 heterocycles. The topological polar surface area (TPSA) is 88.0 Å². The van der Waals surface area contributed by atoms with Crippen molar-refractivity contribution in [1.29, 1.82) is 0 Å². The van der Waals surface area contributed by atoms with Gasteiger partial charge >= 0.3 is 0 Å². The number of rotatable bonds is 8. The first-order valence-electron chi connectivity index (χ1n) is 8.40. The molecule has 0 aliphatic rings. The Morgan fingerprint density at radius 2 is 2.00 bits per heavy atom. The first-order chi connectivity index (χ1) is 12.6. The lowest BCUT2D eigenvalue weighted by molar-refractivity contribution is 0.180. The normalized spacial score (nSPS) is 12.1. The van der Waals surface area contributed by atoms with E-state index in [1.807, 2.05) is 26.1 Å². The molecule has 0 saturated carbocycles. The maximum atomic E-state index is 10.5. The molecule has 27 heavy (non-hydrogen) atoms. The van der Waals surface area contributed by atoms with Crippen molar-refractivity contribution in [1.82, 2.24) is 15.6 Å². The van der Waals surface area contributed by atoms with Crippen LogP contribution < -0.4 is 20.1 Å². The van der Waals surface area contributed by atoms with Gasteiger partial charge in [0.2, 0.25) is 0 Å². The van der Waals surface area contributed by atoms with Crippen molar-refractivity contribution in [3.8, 4) is 11.5 Å². The highest BCUT2D eigenvalue weighted by Gasteiger charge is 2.12. The lowest BCUT2D eigenvalue weighted by atomic mass is 10.1. The van der Waals surface area contributed by atoms with Gasteiger partial charge in [0.15, 0.2) is 17.5 Å². The Balaban J connectivity index is 0.00000364. The molecule has 1 atom stereocenters. The molecule has 1 aromatic carbocycles. The van der Waals surface area contributed by atoms with Crippen molar-refractivity contribution in [2.45, 2.75) is 26.5 Å². The summed E-state index contributed by atoms with van der Waals surface area (Å²) in [5.41, 5.74) is 0.738. The van der Waals surface area contributed by atoms with Gasteiger partial charge < -0.3 is 25.2 Å². The van der Waals surface area contributed by atoms with E-state index in [1.54, 1.807) is 37.7 Å². The third-order valence-corrected chi connectivity index (χ3v) is 4.54. The molecular formula is C18H27IN4O3S. The highest BCUT2D eigenvalue weighted by Crippen LogP contribution is 2.29. The molecule has 0 radical (unpaired) electrons. The van der Waals surface area contributed by atoms with E-state index >= 15 is 0 Å². The number of hydrogen-bond donors (Lipinski definition) is 3. The van der Waals surface area contributed by atoms with Crippen LogP contribution >= 0.6 is 35.3 Å². The van der Waals surface area contributed by atoms with E-state index in [0.717, 1.165) is 22.0 Å². The van der Waals surface area contributed by atoms with Crippen molar-refractivity contribution in [2.75, 3.05) is 27.3 Å². The van der Waals surface area contributed by atoms with Gasteiger partial charge in [-0.05, 0) is 31.5 Å². The number of halogens is 1. The Morgan fingerprint density at radius 3 is 2.59 bits per heavy atom. The maximum absolute atomic E-state index is 10.5. The number of ether oxygens (including phenoxy) is 2. The molecule has 2 rings (SSSR count). The number of hydrogen-bond acceptors (Lipinski definition) is 6. The third-order valence-electron chi connectivity index (χ3n) is 3.64. The summed E-state index contributed by atoms with van der Waals surface area (Å²) in [6.07, 6.45) is 1.14. The number of aromatic nitrogens is 1. The molecule has 150 valence electrons. The Hall–Kier alpha value is -1.59. The number of methoxy groups -OCH3 is 2. The highest BCUT2D eigenvalue weighted by molar-refractivity contribution is 14.0.